The lowest BCUT2D eigenvalue weighted by Crippen LogP contribution is -2.35. The second kappa shape index (κ2) is 6.17. The molecule has 0 radical (unpaired) electrons. The Hall–Kier alpha value is -2.37. The number of rotatable bonds is 2. The molecule has 22 heavy (non-hydrogen) atoms. The second-order valence-corrected chi connectivity index (χ2v) is 5.48. The fourth-order valence-electron chi connectivity index (χ4n) is 2.83. The molecule has 0 aliphatic carbocycles. The van der Waals surface area contributed by atoms with E-state index in [-0.39, 0.29) is 11.5 Å². The number of nitrogens with one attached hydrogen (secondary N) is 1. The summed E-state index contributed by atoms with van der Waals surface area (Å²) < 4.78 is 0. The second-order valence-electron chi connectivity index (χ2n) is 5.48. The van der Waals surface area contributed by atoms with Crippen molar-refractivity contribution in [1.29, 1.82) is 0 Å². The highest BCUT2D eigenvalue weighted by Gasteiger charge is 2.19. The average molecular weight is 300 g/mol. The number of anilines is 1. The van der Waals surface area contributed by atoms with Gasteiger partial charge in [-0.1, -0.05) is 19.1 Å². The molecule has 1 aromatic heterocycles. The van der Waals surface area contributed by atoms with Crippen LogP contribution in [0.3, 0.4) is 0 Å². The number of aromatic nitrogens is 2. The number of benzene rings is 1. The molecule has 0 atom stereocenters. The lowest BCUT2D eigenvalue weighted by atomic mass is 10.2. The molecular weight excluding hydrogens is 280 g/mol. The molecule has 1 fully saturated rings. The van der Waals surface area contributed by atoms with E-state index in [0.29, 0.717) is 36.4 Å². The fraction of sp³-hybridized carbons (Fsp3) is 0.438. The molecule has 0 unspecified atom stereocenters. The van der Waals surface area contributed by atoms with Crippen LogP contribution >= 0.6 is 0 Å². The summed E-state index contributed by atoms with van der Waals surface area (Å²) in [4.78, 5) is 35.3. The Morgan fingerprint density at radius 2 is 2.05 bits per heavy atom. The zero-order valence-electron chi connectivity index (χ0n) is 12.7. The summed E-state index contributed by atoms with van der Waals surface area (Å²) in [6, 6.07) is 7.33. The van der Waals surface area contributed by atoms with Gasteiger partial charge in [0.25, 0.3) is 5.56 Å². The highest BCUT2D eigenvalue weighted by Crippen LogP contribution is 2.14. The van der Waals surface area contributed by atoms with E-state index in [2.05, 4.69) is 14.9 Å². The van der Waals surface area contributed by atoms with Crippen LogP contribution in [0.4, 0.5) is 5.95 Å². The number of hydrogen-bond acceptors (Lipinski definition) is 4. The van der Waals surface area contributed by atoms with E-state index < -0.39 is 0 Å². The standard InChI is InChI=1S/C16H20N4O2/c1-2-14(21)19-8-5-9-20(11-10-19)16-17-13-7-4-3-6-12(13)15(22)18-16/h3-4,6-7H,2,5,8-11H2,1H3,(H,17,18,22). The predicted molar refractivity (Wildman–Crippen MR) is 86.1 cm³/mol. The number of carbonyl (C=O) groups is 1. The number of para-hydroxylation sites is 1. The summed E-state index contributed by atoms with van der Waals surface area (Å²) in [6.45, 7) is 4.79. The van der Waals surface area contributed by atoms with Crippen LogP contribution in [0.2, 0.25) is 0 Å². The van der Waals surface area contributed by atoms with Gasteiger partial charge in [0.05, 0.1) is 10.9 Å². The molecule has 1 amide bonds. The minimum absolute atomic E-state index is 0.119. The molecule has 0 bridgehead atoms. The van der Waals surface area contributed by atoms with Gasteiger partial charge in [-0.25, -0.2) is 4.98 Å². The quantitative estimate of drug-likeness (QED) is 0.909. The van der Waals surface area contributed by atoms with E-state index in [1.54, 1.807) is 6.07 Å². The van der Waals surface area contributed by atoms with Gasteiger partial charge in [0.1, 0.15) is 0 Å². The molecular formula is C16H20N4O2. The van der Waals surface area contributed by atoms with Gasteiger partial charge in [-0.2, -0.15) is 0 Å². The first kappa shape index (κ1) is 14.6. The summed E-state index contributed by atoms with van der Waals surface area (Å²) in [5.74, 6) is 0.774. The van der Waals surface area contributed by atoms with Gasteiger partial charge in [-0.15, -0.1) is 0 Å². The largest absolute Gasteiger partial charge is 0.341 e. The molecule has 1 aliphatic rings. The van der Waals surface area contributed by atoms with Gasteiger partial charge >= 0.3 is 0 Å². The van der Waals surface area contributed by atoms with Gasteiger partial charge in [-0.3, -0.25) is 14.6 Å². The molecule has 1 saturated heterocycles. The van der Waals surface area contributed by atoms with Crippen molar-refractivity contribution in [3.05, 3.63) is 34.6 Å². The first-order chi connectivity index (χ1) is 10.7. The number of aromatic amines is 1. The Bertz CT molecular complexity index is 740. The summed E-state index contributed by atoms with van der Waals surface area (Å²) in [5, 5.41) is 0.601. The number of H-pyrrole nitrogens is 1. The Labute approximate surface area is 128 Å². The van der Waals surface area contributed by atoms with Crippen LogP contribution < -0.4 is 10.5 Å². The minimum atomic E-state index is -0.119. The van der Waals surface area contributed by atoms with Crippen LogP contribution in [-0.2, 0) is 4.79 Å². The SMILES string of the molecule is CCC(=O)N1CCCN(c2nc3ccccc3c(=O)[nH]2)CC1. The van der Waals surface area contributed by atoms with Crippen molar-refractivity contribution in [2.45, 2.75) is 19.8 Å². The van der Waals surface area contributed by atoms with Crippen molar-refractivity contribution >= 4 is 22.8 Å². The number of nitrogens with zero attached hydrogens (tertiary/aromatic N) is 3. The molecule has 6 nitrogen and oxygen atoms in total. The third kappa shape index (κ3) is 2.81. The number of hydrogen-bond donors (Lipinski definition) is 1. The maximum absolute atomic E-state index is 12.2. The minimum Gasteiger partial charge on any atom is -0.341 e. The summed E-state index contributed by atoms with van der Waals surface area (Å²) in [5.41, 5.74) is 0.582. The summed E-state index contributed by atoms with van der Waals surface area (Å²) in [7, 11) is 0. The Kier molecular flexibility index (Phi) is 4.09. The lowest BCUT2D eigenvalue weighted by molar-refractivity contribution is -0.130. The smallest absolute Gasteiger partial charge is 0.260 e. The number of fused-ring (bicyclic) bond motifs is 1. The summed E-state index contributed by atoms with van der Waals surface area (Å²) in [6.07, 6.45) is 1.41. The third-order valence-electron chi connectivity index (χ3n) is 4.05. The van der Waals surface area contributed by atoms with Crippen molar-refractivity contribution in [3.8, 4) is 0 Å². The van der Waals surface area contributed by atoms with Crippen molar-refractivity contribution in [3.63, 3.8) is 0 Å². The first-order valence-corrected chi connectivity index (χ1v) is 7.71. The lowest BCUT2D eigenvalue weighted by Gasteiger charge is -2.22. The summed E-state index contributed by atoms with van der Waals surface area (Å²) >= 11 is 0. The Morgan fingerprint density at radius 3 is 2.86 bits per heavy atom. The van der Waals surface area contributed by atoms with Crippen LogP contribution in [0.15, 0.2) is 29.1 Å². The molecule has 116 valence electrons. The van der Waals surface area contributed by atoms with Gasteiger partial charge in [-0.05, 0) is 18.6 Å². The van der Waals surface area contributed by atoms with E-state index in [9.17, 15) is 9.59 Å². The van der Waals surface area contributed by atoms with Crippen LogP contribution in [0.1, 0.15) is 19.8 Å². The van der Waals surface area contributed by atoms with Crippen molar-refractivity contribution in [2.75, 3.05) is 31.1 Å². The van der Waals surface area contributed by atoms with E-state index in [1.165, 1.54) is 0 Å². The van der Waals surface area contributed by atoms with Crippen LogP contribution in [0.5, 0.6) is 0 Å². The molecule has 0 saturated carbocycles. The first-order valence-electron chi connectivity index (χ1n) is 7.71. The van der Waals surface area contributed by atoms with E-state index in [1.807, 2.05) is 30.0 Å². The highest BCUT2D eigenvalue weighted by molar-refractivity contribution is 5.78. The number of amides is 1. The van der Waals surface area contributed by atoms with Gasteiger partial charge in [0, 0.05) is 32.6 Å². The molecule has 3 rings (SSSR count). The van der Waals surface area contributed by atoms with Crippen molar-refractivity contribution < 1.29 is 4.79 Å². The molecule has 6 heteroatoms. The van der Waals surface area contributed by atoms with Crippen LogP contribution in [0, 0.1) is 0 Å². The van der Waals surface area contributed by atoms with Crippen LogP contribution in [0.25, 0.3) is 10.9 Å². The third-order valence-corrected chi connectivity index (χ3v) is 4.05. The maximum atomic E-state index is 12.2. The molecule has 1 aliphatic heterocycles. The Morgan fingerprint density at radius 1 is 1.23 bits per heavy atom. The normalized spacial score (nSPS) is 15.9. The number of carbonyl (C=O) groups excluding carboxylic acids is 1. The zero-order chi connectivity index (χ0) is 15.5. The van der Waals surface area contributed by atoms with Crippen LogP contribution in [-0.4, -0.2) is 47.0 Å². The van der Waals surface area contributed by atoms with Gasteiger partial charge in [0.2, 0.25) is 11.9 Å². The van der Waals surface area contributed by atoms with E-state index in [0.717, 1.165) is 19.5 Å². The maximum Gasteiger partial charge on any atom is 0.260 e. The van der Waals surface area contributed by atoms with E-state index >= 15 is 0 Å². The molecule has 0 spiro atoms. The Balaban J connectivity index is 1.85. The monoisotopic (exact) mass is 300 g/mol. The topological polar surface area (TPSA) is 69.3 Å². The molecule has 1 N–H and O–H groups in total. The molecule has 2 heterocycles. The van der Waals surface area contributed by atoms with Gasteiger partial charge < -0.3 is 9.80 Å². The molecule has 1 aromatic carbocycles. The van der Waals surface area contributed by atoms with Crippen molar-refractivity contribution in [1.82, 2.24) is 14.9 Å². The fourth-order valence-corrected chi connectivity index (χ4v) is 2.83. The van der Waals surface area contributed by atoms with Crippen molar-refractivity contribution in [2.24, 2.45) is 0 Å². The molecule has 2 aromatic rings. The van der Waals surface area contributed by atoms with Gasteiger partial charge in [0.15, 0.2) is 0 Å². The predicted octanol–water partition coefficient (Wildman–Crippen LogP) is 1.37. The highest BCUT2D eigenvalue weighted by atomic mass is 16.2. The zero-order valence-corrected chi connectivity index (χ0v) is 12.7. The van der Waals surface area contributed by atoms with E-state index in [4.69, 9.17) is 0 Å². The average Bonchev–Trinajstić information content (AvgIpc) is 2.80.